The average Bonchev–Trinajstić information content (AvgIpc) is 3.34. The van der Waals surface area contributed by atoms with Crippen molar-refractivity contribution < 1.29 is 9.90 Å². The van der Waals surface area contributed by atoms with Crippen LogP contribution in [0.5, 0.6) is 0 Å². The monoisotopic (exact) mass is 362 g/mol. The lowest BCUT2D eigenvalue weighted by Crippen LogP contribution is -2.50. The van der Waals surface area contributed by atoms with E-state index in [1.54, 1.807) is 4.88 Å². The molecule has 3 fully saturated rings. The number of carbonyl (C=O) groups is 1. The molecule has 1 amide bonds. The van der Waals surface area contributed by atoms with Gasteiger partial charge in [-0.15, -0.1) is 11.3 Å². The number of rotatable bonds is 5. The van der Waals surface area contributed by atoms with E-state index in [4.69, 9.17) is 0 Å². The first kappa shape index (κ1) is 17.5. The van der Waals surface area contributed by atoms with Crippen molar-refractivity contribution in [1.29, 1.82) is 0 Å². The van der Waals surface area contributed by atoms with E-state index < -0.39 is 0 Å². The summed E-state index contributed by atoms with van der Waals surface area (Å²) >= 11 is 1.99. The minimum atomic E-state index is -0.182. The van der Waals surface area contributed by atoms with Gasteiger partial charge in [-0.2, -0.15) is 0 Å². The molecule has 2 saturated heterocycles. The lowest BCUT2D eigenvalue weighted by molar-refractivity contribution is -0.146. The van der Waals surface area contributed by atoms with Gasteiger partial charge < -0.3 is 10.0 Å². The first-order chi connectivity index (χ1) is 12.2. The van der Waals surface area contributed by atoms with Crippen LogP contribution in [0.4, 0.5) is 0 Å². The molecule has 1 aliphatic carbocycles. The number of piperidine rings is 1. The van der Waals surface area contributed by atoms with Crippen LogP contribution in [0, 0.1) is 5.41 Å². The van der Waals surface area contributed by atoms with Gasteiger partial charge in [-0.05, 0) is 56.7 Å². The molecule has 138 valence electrons. The molecule has 0 radical (unpaired) electrons. The molecule has 4 rings (SSSR count). The molecule has 0 bridgehead atoms. The molecule has 3 aliphatic rings. The standard InChI is InChI=1S/C20H30N2O2S/c23-13-12-22-10-3-8-20(19(22)24)9-11-21(15-20)14-17-6-7-18(25-17)16-4-1-2-5-16/h6-7,16,23H,1-5,8-15H2. The minimum Gasteiger partial charge on any atom is -0.395 e. The van der Waals surface area contributed by atoms with Crippen molar-refractivity contribution in [2.45, 2.75) is 57.4 Å². The quantitative estimate of drug-likeness (QED) is 0.875. The van der Waals surface area contributed by atoms with Crippen molar-refractivity contribution in [3.63, 3.8) is 0 Å². The first-order valence-electron chi connectivity index (χ1n) is 9.91. The van der Waals surface area contributed by atoms with E-state index in [2.05, 4.69) is 17.0 Å². The largest absolute Gasteiger partial charge is 0.395 e. The van der Waals surface area contributed by atoms with E-state index in [9.17, 15) is 9.90 Å². The predicted molar refractivity (Wildman–Crippen MR) is 101 cm³/mol. The zero-order valence-corrected chi connectivity index (χ0v) is 15.9. The number of aliphatic hydroxyl groups is 1. The van der Waals surface area contributed by atoms with E-state index >= 15 is 0 Å². The summed E-state index contributed by atoms with van der Waals surface area (Å²) in [6.07, 6.45) is 8.57. The summed E-state index contributed by atoms with van der Waals surface area (Å²) in [4.78, 5) is 20.3. The number of thiophene rings is 1. The van der Waals surface area contributed by atoms with Crippen LogP contribution >= 0.6 is 11.3 Å². The zero-order valence-electron chi connectivity index (χ0n) is 15.1. The summed E-state index contributed by atoms with van der Waals surface area (Å²) in [6.45, 7) is 4.30. The number of carbonyl (C=O) groups excluding carboxylic acids is 1. The second kappa shape index (κ2) is 7.37. The van der Waals surface area contributed by atoms with Crippen molar-refractivity contribution in [1.82, 2.24) is 9.80 Å². The van der Waals surface area contributed by atoms with Gasteiger partial charge in [0.25, 0.3) is 0 Å². The summed E-state index contributed by atoms with van der Waals surface area (Å²) in [7, 11) is 0. The molecule has 2 aliphatic heterocycles. The number of hydrogen-bond acceptors (Lipinski definition) is 4. The Morgan fingerprint density at radius 2 is 2.00 bits per heavy atom. The van der Waals surface area contributed by atoms with Gasteiger partial charge in [0.1, 0.15) is 0 Å². The summed E-state index contributed by atoms with van der Waals surface area (Å²) in [5.41, 5.74) is -0.182. The van der Waals surface area contributed by atoms with E-state index in [-0.39, 0.29) is 17.9 Å². The number of nitrogens with zero attached hydrogens (tertiary/aromatic N) is 2. The maximum Gasteiger partial charge on any atom is 0.230 e. The second-order valence-corrected chi connectivity index (χ2v) is 9.35. The molecule has 4 nitrogen and oxygen atoms in total. The van der Waals surface area contributed by atoms with Crippen LogP contribution in [0.2, 0.25) is 0 Å². The van der Waals surface area contributed by atoms with Crippen LogP contribution in [0.15, 0.2) is 12.1 Å². The fourth-order valence-electron chi connectivity index (χ4n) is 5.09. The number of hydrogen-bond donors (Lipinski definition) is 1. The Kier molecular flexibility index (Phi) is 5.16. The molecule has 1 N–H and O–H groups in total. The molecule has 3 heterocycles. The van der Waals surface area contributed by atoms with Crippen LogP contribution in [0.1, 0.15) is 60.6 Å². The van der Waals surface area contributed by atoms with Crippen molar-refractivity contribution in [2.75, 3.05) is 32.8 Å². The van der Waals surface area contributed by atoms with E-state index in [1.165, 1.54) is 30.6 Å². The lowest BCUT2D eigenvalue weighted by atomic mass is 9.78. The third-order valence-corrected chi connectivity index (χ3v) is 7.68. The fraction of sp³-hybridized carbons (Fsp3) is 0.750. The first-order valence-corrected chi connectivity index (χ1v) is 10.7. The van der Waals surface area contributed by atoms with Gasteiger partial charge in [0.15, 0.2) is 0 Å². The molecule has 25 heavy (non-hydrogen) atoms. The van der Waals surface area contributed by atoms with Gasteiger partial charge in [0.2, 0.25) is 5.91 Å². The normalized spacial score (nSPS) is 28.5. The molecule has 1 atom stereocenters. The fourth-order valence-corrected chi connectivity index (χ4v) is 6.31. The summed E-state index contributed by atoms with van der Waals surface area (Å²) in [6, 6.07) is 4.65. The number of aliphatic hydroxyl groups excluding tert-OH is 1. The third kappa shape index (κ3) is 3.51. The Bertz CT molecular complexity index is 609. The van der Waals surface area contributed by atoms with Crippen molar-refractivity contribution in [3.05, 3.63) is 21.9 Å². The lowest BCUT2D eigenvalue weighted by Gasteiger charge is -2.39. The number of β-amino-alcohol motifs (C(OH)–C–C–N with tert-alkyl or cyclic N) is 1. The highest BCUT2D eigenvalue weighted by Crippen LogP contribution is 2.42. The van der Waals surface area contributed by atoms with Gasteiger partial charge in [0, 0.05) is 35.9 Å². The van der Waals surface area contributed by atoms with Crippen LogP contribution in [0.3, 0.4) is 0 Å². The number of likely N-dealkylation sites (tertiary alicyclic amines) is 2. The third-order valence-electron chi connectivity index (χ3n) is 6.45. The van der Waals surface area contributed by atoms with Crippen LogP contribution < -0.4 is 0 Å². The van der Waals surface area contributed by atoms with Gasteiger partial charge in [-0.25, -0.2) is 0 Å². The van der Waals surface area contributed by atoms with Gasteiger partial charge in [-0.1, -0.05) is 12.8 Å². The Labute approximate surface area is 154 Å². The number of amides is 1. The van der Waals surface area contributed by atoms with Gasteiger partial charge >= 0.3 is 0 Å². The van der Waals surface area contributed by atoms with Crippen LogP contribution in [-0.2, 0) is 11.3 Å². The summed E-state index contributed by atoms with van der Waals surface area (Å²) < 4.78 is 0. The van der Waals surface area contributed by atoms with E-state index in [1.807, 2.05) is 16.2 Å². The zero-order chi connectivity index (χ0) is 17.3. The molecule has 1 spiro atoms. The minimum absolute atomic E-state index is 0.0741. The van der Waals surface area contributed by atoms with E-state index in [0.29, 0.717) is 6.54 Å². The Morgan fingerprint density at radius 3 is 2.80 bits per heavy atom. The predicted octanol–water partition coefficient (Wildman–Crippen LogP) is 3.21. The second-order valence-electron chi connectivity index (χ2n) is 8.15. The summed E-state index contributed by atoms with van der Waals surface area (Å²) in [5, 5.41) is 9.20. The van der Waals surface area contributed by atoms with Crippen LogP contribution in [0.25, 0.3) is 0 Å². The van der Waals surface area contributed by atoms with Crippen molar-refractivity contribution in [2.24, 2.45) is 5.41 Å². The van der Waals surface area contributed by atoms with Crippen LogP contribution in [-0.4, -0.2) is 53.6 Å². The molecule has 1 unspecified atom stereocenters. The smallest absolute Gasteiger partial charge is 0.230 e. The topological polar surface area (TPSA) is 43.8 Å². The molecular weight excluding hydrogens is 332 g/mol. The Balaban J connectivity index is 1.38. The molecular formula is C20H30N2O2S. The highest BCUT2D eigenvalue weighted by Gasteiger charge is 2.48. The van der Waals surface area contributed by atoms with Gasteiger partial charge in [0.05, 0.1) is 12.0 Å². The molecule has 1 aromatic heterocycles. The maximum absolute atomic E-state index is 12.9. The highest BCUT2D eigenvalue weighted by atomic mass is 32.1. The Hall–Kier alpha value is -0.910. The summed E-state index contributed by atoms with van der Waals surface area (Å²) in [5.74, 6) is 1.09. The molecule has 5 heteroatoms. The maximum atomic E-state index is 12.9. The molecule has 0 aromatic carbocycles. The average molecular weight is 363 g/mol. The van der Waals surface area contributed by atoms with Gasteiger partial charge in [-0.3, -0.25) is 9.69 Å². The Morgan fingerprint density at radius 1 is 1.16 bits per heavy atom. The SMILES string of the molecule is O=C1N(CCO)CCCC12CCN(Cc1ccc(C3CCCC3)s1)C2. The van der Waals surface area contributed by atoms with Crippen molar-refractivity contribution >= 4 is 17.2 Å². The van der Waals surface area contributed by atoms with E-state index in [0.717, 1.165) is 51.4 Å². The molecule has 1 saturated carbocycles. The molecule has 1 aromatic rings. The van der Waals surface area contributed by atoms with Crippen molar-refractivity contribution in [3.8, 4) is 0 Å². The highest BCUT2D eigenvalue weighted by molar-refractivity contribution is 7.12.